The minimum atomic E-state index is -3.76. The molecule has 3 aromatic heterocycles. The highest BCUT2D eigenvalue weighted by atomic mass is 35.5. The SMILES string of the molecule is O=C(Cc1ccc(-n2cnc3ccc(F)cc3c2=O)nc1)CS(=O)(=O)c1ccc(Cl)s1. The van der Waals surface area contributed by atoms with Gasteiger partial charge in [0.1, 0.15) is 27.9 Å². The summed E-state index contributed by atoms with van der Waals surface area (Å²) in [6.45, 7) is 0. The number of rotatable bonds is 6. The van der Waals surface area contributed by atoms with Crippen molar-refractivity contribution < 1.29 is 17.6 Å². The molecule has 3 heterocycles. The summed E-state index contributed by atoms with van der Waals surface area (Å²) in [4.78, 5) is 33.2. The fourth-order valence-corrected chi connectivity index (χ4v) is 5.76. The summed E-state index contributed by atoms with van der Waals surface area (Å²) in [6.07, 6.45) is 2.53. The monoisotopic (exact) mass is 477 g/mol. The van der Waals surface area contributed by atoms with Gasteiger partial charge in [-0.15, -0.1) is 11.3 Å². The van der Waals surface area contributed by atoms with Gasteiger partial charge in [0.05, 0.1) is 15.2 Å². The van der Waals surface area contributed by atoms with Crippen LogP contribution in [0.2, 0.25) is 4.34 Å². The van der Waals surface area contributed by atoms with Gasteiger partial charge in [0.25, 0.3) is 5.56 Å². The van der Waals surface area contributed by atoms with Crippen LogP contribution in [0, 0.1) is 5.82 Å². The summed E-state index contributed by atoms with van der Waals surface area (Å²) < 4.78 is 39.6. The molecule has 0 aliphatic carbocycles. The number of carbonyl (C=O) groups excluding carboxylic acids is 1. The van der Waals surface area contributed by atoms with Crippen molar-refractivity contribution in [2.45, 2.75) is 10.6 Å². The molecule has 0 aliphatic rings. The van der Waals surface area contributed by atoms with Gasteiger partial charge in [-0.2, -0.15) is 0 Å². The van der Waals surface area contributed by atoms with Crippen LogP contribution < -0.4 is 5.56 Å². The molecular formula is C20H13ClFN3O4S2. The zero-order valence-electron chi connectivity index (χ0n) is 15.7. The molecule has 11 heteroatoms. The van der Waals surface area contributed by atoms with Gasteiger partial charge in [-0.05, 0) is 42.0 Å². The number of sulfone groups is 1. The van der Waals surface area contributed by atoms with Gasteiger partial charge in [-0.25, -0.2) is 22.8 Å². The number of Topliss-reactive ketones (excluding diaryl/α,β-unsaturated/α-hetero) is 1. The van der Waals surface area contributed by atoms with Gasteiger partial charge in [-0.3, -0.25) is 14.2 Å². The highest BCUT2D eigenvalue weighted by Gasteiger charge is 2.21. The highest BCUT2D eigenvalue weighted by molar-refractivity contribution is 7.94. The van der Waals surface area contributed by atoms with E-state index in [2.05, 4.69) is 9.97 Å². The summed E-state index contributed by atoms with van der Waals surface area (Å²) in [6, 6.07) is 9.64. The molecule has 7 nitrogen and oxygen atoms in total. The number of aromatic nitrogens is 3. The first-order chi connectivity index (χ1) is 14.7. The number of benzene rings is 1. The van der Waals surface area contributed by atoms with E-state index >= 15 is 0 Å². The Kier molecular flexibility index (Phi) is 5.69. The molecule has 0 unspecified atom stereocenters. The maximum absolute atomic E-state index is 13.5. The van der Waals surface area contributed by atoms with Gasteiger partial charge >= 0.3 is 0 Å². The molecule has 0 spiro atoms. The van der Waals surface area contributed by atoms with E-state index < -0.39 is 32.7 Å². The molecule has 0 atom stereocenters. The lowest BCUT2D eigenvalue weighted by atomic mass is 10.1. The summed E-state index contributed by atoms with van der Waals surface area (Å²) in [5.74, 6) is -1.46. The zero-order chi connectivity index (χ0) is 22.2. The lowest BCUT2D eigenvalue weighted by molar-refractivity contribution is -0.116. The fraction of sp³-hybridized carbons (Fsp3) is 0.100. The van der Waals surface area contributed by atoms with Crippen LogP contribution >= 0.6 is 22.9 Å². The van der Waals surface area contributed by atoms with E-state index in [1.54, 1.807) is 6.07 Å². The predicted molar refractivity (Wildman–Crippen MR) is 115 cm³/mol. The molecule has 0 bridgehead atoms. The van der Waals surface area contributed by atoms with Crippen molar-refractivity contribution in [2.24, 2.45) is 0 Å². The van der Waals surface area contributed by atoms with Gasteiger partial charge in [-0.1, -0.05) is 17.7 Å². The van der Waals surface area contributed by atoms with E-state index in [0.29, 0.717) is 15.4 Å². The van der Waals surface area contributed by atoms with Crippen LogP contribution in [0.15, 0.2) is 64.0 Å². The minimum absolute atomic E-state index is 0.0407. The van der Waals surface area contributed by atoms with E-state index in [9.17, 15) is 22.4 Å². The Morgan fingerprint density at radius 2 is 1.94 bits per heavy atom. The molecule has 0 N–H and O–H groups in total. The second-order valence-electron chi connectivity index (χ2n) is 6.64. The van der Waals surface area contributed by atoms with Crippen molar-refractivity contribution in [3.05, 3.63) is 81.1 Å². The predicted octanol–water partition coefficient (Wildman–Crippen LogP) is 3.22. The largest absolute Gasteiger partial charge is 0.298 e. The Hall–Kier alpha value is -2.95. The zero-order valence-corrected chi connectivity index (χ0v) is 18.0. The topological polar surface area (TPSA) is 99.0 Å². The Morgan fingerprint density at radius 3 is 2.61 bits per heavy atom. The average Bonchev–Trinajstić information content (AvgIpc) is 3.16. The van der Waals surface area contributed by atoms with Crippen LogP contribution in [0.4, 0.5) is 4.39 Å². The number of nitrogens with zero attached hydrogens (tertiary/aromatic N) is 3. The normalized spacial score (nSPS) is 11.7. The lowest BCUT2D eigenvalue weighted by Crippen LogP contribution is -2.20. The van der Waals surface area contributed by atoms with Crippen LogP contribution in [0.3, 0.4) is 0 Å². The maximum atomic E-state index is 13.5. The maximum Gasteiger partial charge on any atom is 0.267 e. The highest BCUT2D eigenvalue weighted by Crippen LogP contribution is 2.26. The van der Waals surface area contributed by atoms with Gasteiger partial charge in [0, 0.05) is 12.6 Å². The number of carbonyl (C=O) groups is 1. The van der Waals surface area contributed by atoms with Crippen LogP contribution in [-0.2, 0) is 21.1 Å². The van der Waals surface area contributed by atoms with Crippen molar-refractivity contribution in [2.75, 3.05) is 5.75 Å². The van der Waals surface area contributed by atoms with Crippen molar-refractivity contribution in [3.63, 3.8) is 0 Å². The molecule has 158 valence electrons. The third-order valence-corrected chi connectivity index (χ3v) is 7.87. The number of hydrogen-bond donors (Lipinski definition) is 0. The third-order valence-electron chi connectivity index (χ3n) is 4.38. The number of pyridine rings is 1. The Bertz CT molecular complexity index is 1460. The minimum Gasteiger partial charge on any atom is -0.298 e. The van der Waals surface area contributed by atoms with E-state index in [1.807, 2.05) is 0 Å². The molecule has 0 saturated heterocycles. The van der Waals surface area contributed by atoms with E-state index in [1.165, 1.54) is 47.4 Å². The van der Waals surface area contributed by atoms with Crippen LogP contribution in [0.5, 0.6) is 0 Å². The first-order valence-corrected chi connectivity index (χ1v) is 11.7. The number of ketones is 1. The van der Waals surface area contributed by atoms with Crippen molar-refractivity contribution in [1.82, 2.24) is 14.5 Å². The molecule has 0 amide bonds. The van der Waals surface area contributed by atoms with Crippen LogP contribution in [-0.4, -0.2) is 34.5 Å². The average molecular weight is 478 g/mol. The quantitative estimate of drug-likeness (QED) is 0.423. The van der Waals surface area contributed by atoms with E-state index in [-0.39, 0.29) is 21.8 Å². The number of thiophene rings is 1. The van der Waals surface area contributed by atoms with Crippen molar-refractivity contribution >= 4 is 49.5 Å². The molecule has 4 aromatic rings. The molecule has 0 fully saturated rings. The summed E-state index contributed by atoms with van der Waals surface area (Å²) in [5, 5.41) is 0.113. The summed E-state index contributed by atoms with van der Waals surface area (Å²) >= 11 is 6.66. The number of fused-ring (bicyclic) bond motifs is 1. The molecule has 4 rings (SSSR count). The Labute approximate surface area is 184 Å². The smallest absolute Gasteiger partial charge is 0.267 e. The molecule has 0 radical (unpaired) electrons. The summed E-state index contributed by atoms with van der Waals surface area (Å²) in [5.41, 5.74) is 0.362. The molecule has 0 aliphatic heterocycles. The standard InChI is InChI=1S/C20H13ClFN3O4S2/c21-17-4-6-19(30-17)31(28,29)10-14(26)7-12-1-5-18(23-9-12)25-11-24-16-3-2-13(22)8-15(16)20(25)27/h1-6,8-9,11H,7,10H2. The van der Waals surface area contributed by atoms with E-state index in [4.69, 9.17) is 11.6 Å². The van der Waals surface area contributed by atoms with E-state index in [0.717, 1.165) is 17.4 Å². The van der Waals surface area contributed by atoms with Crippen molar-refractivity contribution in [1.29, 1.82) is 0 Å². The van der Waals surface area contributed by atoms with Gasteiger partial charge in [0.15, 0.2) is 15.6 Å². The fourth-order valence-electron chi connectivity index (χ4n) is 2.95. The summed E-state index contributed by atoms with van der Waals surface area (Å²) in [7, 11) is -3.76. The molecule has 31 heavy (non-hydrogen) atoms. The first kappa shape index (κ1) is 21.3. The van der Waals surface area contributed by atoms with Gasteiger partial charge in [0.2, 0.25) is 0 Å². The third kappa shape index (κ3) is 4.55. The number of hydrogen-bond acceptors (Lipinski definition) is 7. The second-order valence-corrected chi connectivity index (χ2v) is 10.6. The van der Waals surface area contributed by atoms with Crippen molar-refractivity contribution in [3.8, 4) is 5.82 Å². The Morgan fingerprint density at radius 1 is 1.13 bits per heavy atom. The molecule has 0 saturated carbocycles. The first-order valence-electron chi connectivity index (χ1n) is 8.85. The van der Waals surface area contributed by atoms with Crippen LogP contribution in [0.25, 0.3) is 16.7 Å². The Balaban J connectivity index is 1.52. The molecule has 1 aromatic carbocycles. The number of halogens is 2. The van der Waals surface area contributed by atoms with Gasteiger partial charge < -0.3 is 0 Å². The second kappa shape index (κ2) is 8.29. The molecular weight excluding hydrogens is 465 g/mol. The van der Waals surface area contributed by atoms with Crippen LogP contribution in [0.1, 0.15) is 5.56 Å². The lowest BCUT2D eigenvalue weighted by Gasteiger charge is -2.07.